The van der Waals surface area contributed by atoms with Crippen molar-refractivity contribution >= 4 is 64.0 Å². The highest BCUT2D eigenvalue weighted by atomic mass is 35.5. The van der Waals surface area contributed by atoms with Gasteiger partial charge in [-0.15, -0.1) is 0 Å². The number of hydrogen-bond acceptors (Lipinski definition) is 2. The Morgan fingerprint density at radius 3 is 1.72 bits per heavy atom. The first kappa shape index (κ1) is 16.2. The van der Waals surface area contributed by atoms with Crippen LogP contribution in [-0.2, 0) is 4.79 Å². The van der Waals surface area contributed by atoms with E-state index < -0.39 is 5.97 Å². The lowest BCUT2D eigenvalue weighted by molar-refractivity contribution is -0.135. The van der Waals surface area contributed by atoms with Crippen molar-refractivity contribution in [2.24, 2.45) is 5.92 Å². The van der Waals surface area contributed by atoms with Gasteiger partial charge in [-0.3, -0.25) is 4.79 Å². The van der Waals surface area contributed by atoms with Gasteiger partial charge in [-0.2, -0.15) is 0 Å². The fraction of sp³-hybridized carbons (Fsp3) is 0.364. The Morgan fingerprint density at radius 1 is 0.944 bits per heavy atom. The molecule has 0 aliphatic heterocycles. The summed E-state index contributed by atoms with van der Waals surface area (Å²) in [4.78, 5) is 11.6. The fourth-order valence-electron chi connectivity index (χ4n) is 1.16. The molecule has 0 spiro atoms. The number of halogens is 5. The van der Waals surface area contributed by atoms with Gasteiger partial charge in [0.05, 0.1) is 15.1 Å². The van der Waals surface area contributed by atoms with E-state index in [1.807, 2.05) is 13.8 Å². The number of rotatable bonds is 3. The van der Waals surface area contributed by atoms with Crippen molar-refractivity contribution in [3.8, 4) is 5.75 Å². The van der Waals surface area contributed by atoms with Crippen LogP contribution in [0.4, 0.5) is 0 Å². The second-order valence-corrected chi connectivity index (χ2v) is 5.86. The number of carbonyl (C=O) groups is 1. The van der Waals surface area contributed by atoms with Crippen molar-refractivity contribution in [2.75, 3.05) is 0 Å². The molecule has 0 saturated carbocycles. The Kier molecular flexibility index (Phi) is 5.88. The third kappa shape index (κ3) is 3.58. The number of hydrogen-bond donors (Lipinski definition) is 0. The molecule has 7 heteroatoms. The monoisotopic (exact) mass is 348 g/mol. The molecule has 0 radical (unpaired) electrons. The molecule has 0 N–H and O–H groups in total. The predicted octanol–water partition coefficient (Wildman–Crippen LogP) is 5.91. The molecule has 1 rings (SSSR count). The van der Waals surface area contributed by atoms with E-state index in [1.54, 1.807) is 0 Å². The number of benzene rings is 1. The topological polar surface area (TPSA) is 26.3 Å². The van der Waals surface area contributed by atoms with Gasteiger partial charge in [-0.25, -0.2) is 0 Å². The first-order valence-corrected chi connectivity index (χ1v) is 6.86. The summed E-state index contributed by atoms with van der Waals surface area (Å²) in [6.45, 7) is 3.76. The van der Waals surface area contributed by atoms with Gasteiger partial charge in [0.2, 0.25) is 0 Å². The molecule has 0 atom stereocenters. The average Bonchev–Trinajstić information content (AvgIpc) is 2.29. The van der Waals surface area contributed by atoms with Gasteiger partial charge in [-0.05, 0) is 5.92 Å². The van der Waals surface area contributed by atoms with Crippen molar-refractivity contribution in [1.82, 2.24) is 0 Å². The predicted molar refractivity (Wildman–Crippen MR) is 76.6 cm³/mol. The first-order chi connectivity index (χ1) is 8.25. The van der Waals surface area contributed by atoms with E-state index in [-0.39, 0.29) is 43.2 Å². The summed E-state index contributed by atoms with van der Waals surface area (Å²) in [5, 5.41) is -0.0431. The van der Waals surface area contributed by atoms with Crippen LogP contribution < -0.4 is 4.74 Å². The molecule has 1 aromatic rings. The lowest BCUT2D eigenvalue weighted by Crippen LogP contribution is -2.11. The summed E-state index contributed by atoms with van der Waals surface area (Å²) in [6.07, 6.45) is 0.227. The normalized spacial score (nSPS) is 10.9. The zero-order valence-electron chi connectivity index (χ0n) is 9.49. The van der Waals surface area contributed by atoms with E-state index in [0.717, 1.165) is 0 Å². The van der Waals surface area contributed by atoms with Gasteiger partial charge in [0, 0.05) is 6.42 Å². The quantitative estimate of drug-likeness (QED) is 0.293. The standard InChI is InChI=1S/C11H9Cl5O2/c1-4(2)3-5(17)18-11-9(15)7(13)6(12)8(14)10(11)16/h4H,3H2,1-2H3. The van der Waals surface area contributed by atoms with E-state index in [2.05, 4.69) is 0 Å². The van der Waals surface area contributed by atoms with Crippen molar-refractivity contribution in [3.05, 3.63) is 25.1 Å². The lowest BCUT2D eigenvalue weighted by Gasteiger charge is -2.13. The Bertz CT molecular complexity index is 456. The van der Waals surface area contributed by atoms with Crippen LogP contribution in [0.1, 0.15) is 20.3 Å². The van der Waals surface area contributed by atoms with Crippen LogP contribution in [0.2, 0.25) is 25.1 Å². The Balaban J connectivity index is 3.14. The summed E-state index contributed by atoms with van der Waals surface area (Å²) in [6, 6.07) is 0. The molecule has 100 valence electrons. The van der Waals surface area contributed by atoms with Crippen molar-refractivity contribution in [2.45, 2.75) is 20.3 Å². The van der Waals surface area contributed by atoms with Crippen LogP contribution in [-0.4, -0.2) is 5.97 Å². The van der Waals surface area contributed by atoms with Gasteiger partial charge < -0.3 is 4.74 Å². The largest absolute Gasteiger partial charge is 0.423 e. The zero-order valence-corrected chi connectivity index (χ0v) is 13.3. The van der Waals surface area contributed by atoms with Gasteiger partial charge in [0.25, 0.3) is 0 Å². The molecular formula is C11H9Cl5O2. The molecule has 0 heterocycles. The summed E-state index contributed by atoms with van der Waals surface area (Å²) in [7, 11) is 0. The minimum absolute atomic E-state index is 0.0000743. The molecule has 0 aromatic heterocycles. The number of carbonyl (C=O) groups excluding carboxylic acids is 1. The minimum Gasteiger partial charge on any atom is -0.423 e. The number of esters is 1. The van der Waals surface area contributed by atoms with E-state index in [4.69, 9.17) is 62.7 Å². The fourth-order valence-corrected chi connectivity index (χ4v) is 2.36. The first-order valence-electron chi connectivity index (χ1n) is 4.97. The number of ether oxygens (including phenoxy) is 1. The van der Waals surface area contributed by atoms with Crippen molar-refractivity contribution in [1.29, 1.82) is 0 Å². The van der Waals surface area contributed by atoms with E-state index in [1.165, 1.54) is 0 Å². The smallest absolute Gasteiger partial charge is 0.311 e. The Labute approximate surface area is 130 Å². The molecule has 0 aliphatic rings. The van der Waals surface area contributed by atoms with Gasteiger partial charge in [0.15, 0.2) is 5.75 Å². The molecule has 0 fully saturated rings. The molecule has 0 bridgehead atoms. The SMILES string of the molecule is CC(C)CC(=O)Oc1c(Cl)c(Cl)c(Cl)c(Cl)c1Cl. The Hall–Kier alpha value is 0.140. The average molecular weight is 350 g/mol. The van der Waals surface area contributed by atoms with E-state index in [0.29, 0.717) is 0 Å². The molecule has 0 saturated heterocycles. The van der Waals surface area contributed by atoms with E-state index >= 15 is 0 Å². The molecule has 0 aliphatic carbocycles. The van der Waals surface area contributed by atoms with E-state index in [9.17, 15) is 4.79 Å². The van der Waals surface area contributed by atoms with Crippen LogP contribution >= 0.6 is 58.0 Å². The van der Waals surface area contributed by atoms with Crippen molar-refractivity contribution in [3.63, 3.8) is 0 Å². The molecule has 2 nitrogen and oxygen atoms in total. The highest BCUT2D eigenvalue weighted by molar-refractivity contribution is 6.55. The second kappa shape index (κ2) is 6.53. The molecule has 0 unspecified atom stereocenters. The molecule has 18 heavy (non-hydrogen) atoms. The molecule has 1 aromatic carbocycles. The maximum atomic E-state index is 11.6. The van der Waals surface area contributed by atoms with Crippen molar-refractivity contribution < 1.29 is 9.53 Å². The van der Waals surface area contributed by atoms with Crippen LogP contribution in [0.15, 0.2) is 0 Å². The Morgan fingerprint density at radius 2 is 1.33 bits per heavy atom. The van der Waals surface area contributed by atoms with Crippen LogP contribution in [0.3, 0.4) is 0 Å². The maximum absolute atomic E-state index is 11.6. The summed E-state index contributed by atoms with van der Waals surface area (Å²) >= 11 is 29.3. The molecular weight excluding hydrogens is 341 g/mol. The van der Waals surface area contributed by atoms with Gasteiger partial charge >= 0.3 is 5.97 Å². The maximum Gasteiger partial charge on any atom is 0.311 e. The van der Waals surface area contributed by atoms with Crippen LogP contribution in [0.25, 0.3) is 0 Å². The third-order valence-corrected chi connectivity index (χ3v) is 4.20. The lowest BCUT2D eigenvalue weighted by atomic mass is 10.1. The van der Waals surface area contributed by atoms with Gasteiger partial charge in [0.1, 0.15) is 10.0 Å². The van der Waals surface area contributed by atoms with Gasteiger partial charge in [-0.1, -0.05) is 71.9 Å². The second-order valence-electron chi connectivity index (χ2n) is 3.97. The third-order valence-electron chi connectivity index (χ3n) is 1.96. The minimum atomic E-state index is -0.469. The zero-order chi connectivity index (χ0) is 14.0. The summed E-state index contributed by atoms with van der Waals surface area (Å²) in [5.41, 5.74) is 0. The summed E-state index contributed by atoms with van der Waals surface area (Å²) in [5.74, 6) is -0.389. The molecule has 0 amide bonds. The highest BCUT2D eigenvalue weighted by Gasteiger charge is 2.22. The highest BCUT2D eigenvalue weighted by Crippen LogP contribution is 2.48. The van der Waals surface area contributed by atoms with Crippen LogP contribution in [0, 0.1) is 5.92 Å². The van der Waals surface area contributed by atoms with Crippen LogP contribution in [0.5, 0.6) is 5.75 Å². The summed E-state index contributed by atoms with van der Waals surface area (Å²) < 4.78 is 5.07.